The summed E-state index contributed by atoms with van der Waals surface area (Å²) in [5.41, 5.74) is 1.45. The summed E-state index contributed by atoms with van der Waals surface area (Å²) in [6.45, 7) is 1.82. The molecular formula is C17H11FN2O2S2. The first-order valence-electron chi connectivity index (χ1n) is 7.11. The number of benzene rings is 1. The summed E-state index contributed by atoms with van der Waals surface area (Å²) in [6.07, 6.45) is 1.58. The van der Waals surface area contributed by atoms with E-state index in [1.54, 1.807) is 18.4 Å². The Balaban J connectivity index is 1.62. The predicted molar refractivity (Wildman–Crippen MR) is 94.3 cm³/mol. The minimum absolute atomic E-state index is 0.241. The molecule has 7 heteroatoms. The quantitative estimate of drug-likeness (QED) is 0.539. The van der Waals surface area contributed by atoms with Crippen LogP contribution in [0.15, 0.2) is 46.4 Å². The normalized spacial score (nSPS) is 11.1. The van der Waals surface area contributed by atoms with Crippen molar-refractivity contribution in [1.82, 2.24) is 4.98 Å². The van der Waals surface area contributed by atoms with Gasteiger partial charge in [-0.15, -0.1) is 22.7 Å². The number of fused-ring (bicyclic) bond motifs is 1. The number of amides is 1. The molecule has 0 spiro atoms. The first kappa shape index (κ1) is 15.0. The van der Waals surface area contributed by atoms with Crippen LogP contribution in [0, 0.1) is 12.7 Å². The van der Waals surface area contributed by atoms with Crippen molar-refractivity contribution in [3.8, 4) is 11.5 Å². The number of halogens is 1. The second-order valence-corrected chi connectivity index (χ2v) is 7.08. The van der Waals surface area contributed by atoms with E-state index in [0.717, 1.165) is 15.6 Å². The molecular weight excluding hydrogens is 347 g/mol. The zero-order chi connectivity index (χ0) is 16.7. The fraction of sp³-hybridized carbons (Fsp3) is 0.0588. The summed E-state index contributed by atoms with van der Waals surface area (Å²) in [6, 6.07) is 8.14. The topological polar surface area (TPSA) is 55.1 Å². The largest absolute Gasteiger partial charge is 0.463 e. The van der Waals surface area contributed by atoms with Crippen LogP contribution < -0.4 is 5.32 Å². The molecule has 120 valence electrons. The molecule has 1 amide bonds. The number of thiophene rings is 1. The zero-order valence-corrected chi connectivity index (χ0v) is 14.1. The van der Waals surface area contributed by atoms with Gasteiger partial charge < -0.3 is 4.42 Å². The van der Waals surface area contributed by atoms with E-state index in [9.17, 15) is 9.18 Å². The lowest BCUT2D eigenvalue weighted by molar-refractivity contribution is 0.103. The first-order chi connectivity index (χ1) is 11.6. The van der Waals surface area contributed by atoms with Crippen molar-refractivity contribution in [3.63, 3.8) is 0 Å². The maximum Gasteiger partial charge on any atom is 0.267 e. The number of hydrogen-bond donors (Lipinski definition) is 1. The summed E-state index contributed by atoms with van der Waals surface area (Å²) in [7, 11) is 0. The molecule has 0 saturated heterocycles. The molecule has 0 radical (unpaired) electrons. The van der Waals surface area contributed by atoms with Gasteiger partial charge in [-0.05, 0) is 48.2 Å². The van der Waals surface area contributed by atoms with E-state index < -0.39 is 0 Å². The number of rotatable bonds is 3. The first-order valence-corrected chi connectivity index (χ1v) is 8.81. The molecule has 0 saturated carbocycles. The molecule has 0 aliphatic heterocycles. The van der Waals surface area contributed by atoms with E-state index >= 15 is 0 Å². The van der Waals surface area contributed by atoms with Crippen LogP contribution in [-0.2, 0) is 0 Å². The second kappa shape index (κ2) is 5.85. The molecule has 24 heavy (non-hydrogen) atoms. The van der Waals surface area contributed by atoms with Crippen LogP contribution in [-0.4, -0.2) is 10.9 Å². The summed E-state index contributed by atoms with van der Waals surface area (Å²) in [5.74, 6) is 0.105. The molecule has 0 fully saturated rings. The molecule has 4 rings (SSSR count). The minimum Gasteiger partial charge on any atom is -0.463 e. The molecule has 4 nitrogen and oxygen atoms in total. The fourth-order valence-corrected chi connectivity index (χ4v) is 4.21. The minimum atomic E-state index is -0.307. The van der Waals surface area contributed by atoms with Gasteiger partial charge in [0.2, 0.25) is 0 Å². The van der Waals surface area contributed by atoms with Crippen molar-refractivity contribution in [3.05, 3.63) is 58.2 Å². The van der Waals surface area contributed by atoms with Gasteiger partial charge in [0.05, 0.1) is 11.1 Å². The van der Waals surface area contributed by atoms with Crippen LogP contribution in [0.25, 0.3) is 21.5 Å². The number of anilines is 1. The van der Waals surface area contributed by atoms with Crippen molar-refractivity contribution < 1.29 is 13.6 Å². The summed E-state index contributed by atoms with van der Waals surface area (Å²) in [4.78, 5) is 17.4. The Morgan fingerprint density at radius 2 is 2.21 bits per heavy atom. The molecule has 0 aliphatic carbocycles. The van der Waals surface area contributed by atoms with Gasteiger partial charge in [-0.1, -0.05) is 0 Å². The zero-order valence-electron chi connectivity index (χ0n) is 12.5. The number of thiazole rings is 1. The van der Waals surface area contributed by atoms with Gasteiger partial charge >= 0.3 is 0 Å². The van der Waals surface area contributed by atoms with E-state index in [0.29, 0.717) is 21.5 Å². The number of carbonyl (C=O) groups excluding carboxylic acids is 1. The number of nitrogens with one attached hydrogen (secondary N) is 1. The van der Waals surface area contributed by atoms with Crippen LogP contribution in [0.4, 0.5) is 9.52 Å². The van der Waals surface area contributed by atoms with Crippen molar-refractivity contribution in [2.75, 3.05) is 5.32 Å². The SMILES string of the molecule is Cc1c(C(=O)Nc2nc(-c3ccco3)cs2)sc2ccc(F)cc12. The maximum atomic E-state index is 13.4. The number of furan rings is 1. The lowest BCUT2D eigenvalue weighted by atomic mass is 10.1. The van der Waals surface area contributed by atoms with Crippen LogP contribution >= 0.6 is 22.7 Å². The summed E-state index contributed by atoms with van der Waals surface area (Å²) < 4.78 is 19.6. The lowest BCUT2D eigenvalue weighted by Crippen LogP contribution is -2.11. The highest BCUT2D eigenvalue weighted by Crippen LogP contribution is 2.32. The number of carbonyl (C=O) groups is 1. The van der Waals surface area contributed by atoms with Crippen molar-refractivity contribution >= 4 is 43.8 Å². The van der Waals surface area contributed by atoms with E-state index in [1.165, 1.54) is 34.8 Å². The number of hydrogen-bond acceptors (Lipinski definition) is 5. The average Bonchev–Trinajstić information content (AvgIpc) is 3.28. The molecule has 1 N–H and O–H groups in total. The van der Waals surface area contributed by atoms with E-state index in [2.05, 4.69) is 10.3 Å². The monoisotopic (exact) mass is 358 g/mol. The van der Waals surface area contributed by atoms with Gasteiger partial charge in [0.15, 0.2) is 10.9 Å². The predicted octanol–water partition coefficient (Wildman–Crippen LogP) is 5.32. The highest BCUT2D eigenvalue weighted by Gasteiger charge is 2.17. The van der Waals surface area contributed by atoms with Crippen molar-refractivity contribution in [2.45, 2.75) is 6.92 Å². The third-order valence-corrected chi connectivity index (χ3v) is 5.63. The Hall–Kier alpha value is -2.51. The van der Waals surface area contributed by atoms with Crippen LogP contribution in [0.5, 0.6) is 0 Å². The van der Waals surface area contributed by atoms with Gasteiger partial charge in [-0.3, -0.25) is 10.1 Å². The number of aryl methyl sites for hydroxylation is 1. The highest BCUT2D eigenvalue weighted by atomic mass is 32.1. The Labute approximate surface area is 144 Å². The molecule has 0 unspecified atom stereocenters. The van der Waals surface area contributed by atoms with Gasteiger partial charge in [0.1, 0.15) is 11.5 Å². The fourth-order valence-electron chi connectivity index (χ4n) is 2.43. The Bertz CT molecular complexity index is 1030. The van der Waals surface area contributed by atoms with Gasteiger partial charge in [-0.2, -0.15) is 0 Å². The molecule has 3 heterocycles. The highest BCUT2D eigenvalue weighted by molar-refractivity contribution is 7.21. The van der Waals surface area contributed by atoms with Crippen LogP contribution in [0.2, 0.25) is 0 Å². The average molecular weight is 358 g/mol. The summed E-state index contributed by atoms with van der Waals surface area (Å²) in [5, 5.41) is 5.88. The van der Waals surface area contributed by atoms with Crippen LogP contribution in [0.1, 0.15) is 15.2 Å². The smallest absolute Gasteiger partial charge is 0.267 e. The van der Waals surface area contributed by atoms with Gasteiger partial charge in [-0.25, -0.2) is 9.37 Å². The molecule has 4 aromatic rings. The molecule has 3 aromatic heterocycles. The lowest BCUT2D eigenvalue weighted by Gasteiger charge is -2.00. The molecule has 1 aromatic carbocycles. The van der Waals surface area contributed by atoms with Crippen molar-refractivity contribution in [1.29, 1.82) is 0 Å². The number of aromatic nitrogens is 1. The summed E-state index contributed by atoms with van der Waals surface area (Å²) >= 11 is 2.67. The van der Waals surface area contributed by atoms with Gasteiger partial charge in [0, 0.05) is 10.1 Å². The third-order valence-electron chi connectivity index (χ3n) is 3.60. The van der Waals surface area contributed by atoms with E-state index in [1.807, 2.05) is 18.4 Å². The third kappa shape index (κ3) is 2.61. The maximum absolute atomic E-state index is 13.4. The number of nitrogens with zero attached hydrogens (tertiary/aromatic N) is 1. The molecule has 0 atom stereocenters. The Kier molecular flexibility index (Phi) is 3.66. The Morgan fingerprint density at radius 3 is 3.00 bits per heavy atom. The van der Waals surface area contributed by atoms with Gasteiger partial charge in [0.25, 0.3) is 5.91 Å². The van der Waals surface area contributed by atoms with E-state index in [-0.39, 0.29) is 11.7 Å². The van der Waals surface area contributed by atoms with Crippen molar-refractivity contribution in [2.24, 2.45) is 0 Å². The standard InChI is InChI=1S/C17H11FN2O2S2/c1-9-11-7-10(18)4-5-14(11)24-15(9)16(21)20-17-19-12(8-23-17)13-3-2-6-22-13/h2-8H,1H3,(H,19,20,21). The van der Waals surface area contributed by atoms with Crippen LogP contribution in [0.3, 0.4) is 0 Å². The second-order valence-electron chi connectivity index (χ2n) is 5.17. The molecule has 0 bridgehead atoms. The molecule has 0 aliphatic rings. The Morgan fingerprint density at radius 1 is 1.33 bits per heavy atom. The van der Waals surface area contributed by atoms with E-state index in [4.69, 9.17) is 4.42 Å².